The third kappa shape index (κ3) is 3.16. The van der Waals surface area contributed by atoms with Gasteiger partial charge in [0.2, 0.25) is 0 Å². The Morgan fingerprint density at radius 3 is 2.93 bits per heavy atom. The molecule has 0 aliphatic carbocycles. The SMILES string of the molecule is Cc1cc(-c2cn3c(n2)sc2cc(C(=O)NC4CCNCC4)ccc23)ccn1. The fraction of sp³-hybridized carbons (Fsp3) is 0.286. The van der Waals surface area contributed by atoms with Crippen LogP contribution in [0.4, 0.5) is 0 Å². The highest BCUT2D eigenvalue weighted by Gasteiger charge is 2.18. The van der Waals surface area contributed by atoms with Crippen LogP contribution in [0.3, 0.4) is 0 Å². The lowest BCUT2D eigenvalue weighted by atomic mass is 10.1. The molecule has 1 fully saturated rings. The van der Waals surface area contributed by atoms with Crippen molar-refractivity contribution < 1.29 is 4.79 Å². The monoisotopic (exact) mass is 391 g/mol. The molecule has 28 heavy (non-hydrogen) atoms. The summed E-state index contributed by atoms with van der Waals surface area (Å²) in [6, 6.07) is 10.2. The number of hydrogen-bond donors (Lipinski definition) is 2. The van der Waals surface area contributed by atoms with Gasteiger partial charge in [-0.15, -0.1) is 0 Å². The number of rotatable bonds is 3. The van der Waals surface area contributed by atoms with Gasteiger partial charge in [-0.05, 0) is 63.2 Å². The topological polar surface area (TPSA) is 71.3 Å². The third-order valence-electron chi connectivity index (χ3n) is 5.22. The maximum Gasteiger partial charge on any atom is 0.251 e. The molecule has 0 radical (unpaired) electrons. The Hall–Kier alpha value is -2.77. The molecule has 1 aliphatic heterocycles. The molecular formula is C21H21N5OS. The number of piperidine rings is 1. The van der Waals surface area contributed by atoms with Crippen molar-refractivity contribution in [3.8, 4) is 11.3 Å². The zero-order chi connectivity index (χ0) is 19.1. The predicted molar refractivity (Wildman–Crippen MR) is 112 cm³/mol. The van der Waals surface area contributed by atoms with Gasteiger partial charge in [0.05, 0.1) is 15.9 Å². The lowest BCUT2D eigenvalue weighted by Crippen LogP contribution is -2.42. The number of hydrogen-bond acceptors (Lipinski definition) is 5. The standard InChI is InChI=1S/C21H21N5OS/c1-13-10-14(4-9-23-13)17-12-26-18-3-2-15(11-19(18)28-21(26)25-17)20(27)24-16-5-7-22-8-6-16/h2-4,9-12,16,22H,5-8H2,1H3,(H,24,27). The van der Waals surface area contributed by atoms with Crippen molar-refractivity contribution >= 4 is 32.4 Å². The van der Waals surface area contributed by atoms with Crippen molar-refractivity contribution in [3.63, 3.8) is 0 Å². The van der Waals surface area contributed by atoms with E-state index >= 15 is 0 Å². The van der Waals surface area contributed by atoms with Crippen LogP contribution >= 0.6 is 11.3 Å². The van der Waals surface area contributed by atoms with Gasteiger partial charge in [-0.25, -0.2) is 4.98 Å². The summed E-state index contributed by atoms with van der Waals surface area (Å²) >= 11 is 1.61. The van der Waals surface area contributed by atoms with Gasteiger partial charge in [-0.3, -0.25) is 14.2 Å². The van der Waals surface area contributed by atoms with E-state index in [1.807, 2.05) is 43.5 Å². The second-order valence-electron chi connectivity index (χ2n) is 7.25. The number of nitrogens with zero attached hydrogens (tertiary/aromatic N) is 3. The molecular weight excluding hydrogens is 370 g/mol. The Labute approximate surface area is 166 Å². The molecule has 0 bridgehead atoms. The van der Waals surface area contributed by atoms with Gasteiger partial charge in [0.25, 0.3) is 5.91 Å². The summed E-state index contributed by atoms with van der Waals surface area (Å²) in [5, 5.41) is 6.48. The van der Waals surface area contributed by atoms with Crippen LogP contribution in [0, 0.1) is 6.92 Å². The number of fused-ring (bicyclic) bond motifs is 3. The minimum Gasteiger partial charge on any atom is -0.349 e. The van der Waals surface area contributed by atoms with Gasteiger partial charge in [0, 0.05) is 35.3 Å². The Morgan fingerprint density at radius 2 is 2.11 bits per heavy atom. The second-order valence-corrected chi connectivity index (χ2v) is 8.26. The highest BCUT2D eigenvalue weighted by atomic mass is 32.1. The molecule has 6 nitrogen and oxygen atoms in total. The van der Waals surface area contributed by atoms with E-state index < -0.39 is 0 Å². The van der Waals surface area contributed by atoms with Gasteiger partial charge in [0.15, 0.2) is 4.96 Å². The molecule has 1 aliphatic rings. The van der Waals surface area contributed by atoms with Crippen molar-refractivity contribution in [2.75, 3.05) is 13.1 Å². The van der Waals surface area contributed by atoms with E-state index in [1.165, 1.54) is 0 Å². The third-order valence-corrected chi connectivity index (χ3v) is 6.24. The van der Waals surface area contributed by atoms with Crippen LogP contribution in [0.15, 0.2) is 42.7 Å². The van der Waals surface area contributed by atoms with Crippen molar-refractivity contribution in [1.82, 2.24) is 25.0 Å². The molecule has 142 valence electrons. The van der Waals surface area contributed by atoms with E-state index in [4.69, 9.17) is 4.98 Å². The molecule has 7 heteroatoms. The normalized spacial score (nSPS) is 15.3. The van der Waals surface area contributed by atoms with Gasteiger partial charge in [-0.1, -0.05) is 11.3 Å². The van der Waals surface area contributed by atoms with E-state index in [0.717, 1.165) is 58.1 Å². The minimum absolute atomic E-state index is 0.00721. The number of amides is 1. The number of aromatic nitrogens is 3. The van der Waals surface area contributed by atoms with Crippen molar-refractivity contribution in [3.05, 3.63) is 54.0 Å². The number of benzene rings is 1. The number of aryl methyl sites for hydroxylation is 1. The minimum atomic E-state index is 0.00721. The zero-order valence-electron chi connectivity index (χ0n) is 15.6. The average Bonchev–Trinajstić information content (AvgIpc) is 3.26. The quantitative estimate of drug-likeness (QED) is 0.562. The highest BCUT2D eigenvalue weighted by molar-refractivity contribution is 7.23. The van der Waals surface area contributed by atoms with Crippen LogP contribution in [-0.4, -0.2) is 39.4 Å². The van der Waals surface area contributed by atoms with Gasteiger partial charge in [-0.2, -0.15) is 0 Å². The van der Waals surface area contributed by atoms with E-state index in [1.54, 1.807) is 11.3 Å². The van der Waals surface area contributed by atoms with Crippen LogP contribution in [0.5, 0.6) is 0 Å². The van der Waals surface area contributed by atoms with Crippen LogP contribution in [0.25, 0.3) is 26.4 Å². The first-order valence-corrected chi connectivity index (χ1v) is 10.4. The summed E-state index contributed by atoms with van der Waals surface area (Å²) < 4.78 is 3.16. The summed E-state index contributed by atoms with van der Waals surface area (Å²) in [4.78, 5) is 22.6. The maximum absolute atomic E-state index is 12.6. The predicted octanol–water partition coefficient (Wildman–Crippen LogP) is 3.40. The molecule has 1 amide bonds. The van der Waals surface area contributed by atoms with E-state index in [0.29, 0.717) is 5.56 Å². The van der Waals surface area contributed by atoms with Crippen molar-refractivity contribution in [1.29, 1.82) is 0 Å². The molecule has 4 aromatic rings. The maximum atomic E-state index is 12.6. The number of carbonyl (C=O) groups is 1. The van der Waals surface area contributed by atoms with Crippen molar-refractivity contribution in [2.24, 2.45) is 0 Å². The molecule has 1 aromatic carbocycles. The summed E-state index contributed by atoms with van der Waals surface area (Å²) in [6.45, 7) is 3.91. The largest absolute Gasteiger partial charge is 0.349 e. The Kier molecular flexibility index (Phi) is 4.33. The van der Waals surface area contributed by atoms with E-state index in [-0.39, 0.29) is 11.9 Å². The first kappa shape index (κ1) is 17.3. The number of imidazole rings is 1. The number of nitrogens with one attached hydrogen (secondary N) is 2. The number of thiazole rings is 1. The molecule has 0 saturated carbocycles. The molecule has 2 N–H and O–H groups in total. The lowest BCUT2D eigenvalue weighted by molar-refractivity contribution is 0.0929. The molecule has 0 atom stereocenters. The van der Waals surface area contributed by atoms with Gasteiger partial charge in [0.1, 0.15) is 0 Å². The van der Waals surface area contributed by atoms with Gasteiger partial charge >= 0.3 is 0 Å². The molecule has 5 rings (SSSR count). The zero-order valence-corrected chi connectivity index (χ0v) is 16.4. The smallest absolute Gasteiger partial charge is 0.251 e. The highest BCUT2D eigenvalue weighted by Crippen LogP contribution is 2.30. The fourth-order valence-corrected chi connectivity index (χ4v) is 4.77. The summed E-state index contributed by atoms with van der Waals surface area (Å²) in [5.41, 5.74) is 4.76. The number of carbonyl (C=O) groups excluding carboxylic acids is 1. The van der Waals surface area contributed by atoms with Crippen LogP contribution in [0.2, 0.25) is 0 Å². The van der Waals surface area contributed by atoms with Crippen LogP contribution in [0.1, 0.15) is 28.9 Å². The summed E-state index contributed by atoms with van der Waals surface area (Å²) in [6.07, 6.45) is 5.83. The van der Waals surface area contributed by atoms with Crippen LogP contribution in [-0.2, 0) is 0 Å². The first-order chi connectivity index (χ1) is 13.7. The van der Waals surface area contributed by atoms with Crippen LogP contribution < -0.4 is 10.6 Å². The molecule has 4 heterocycles. The molecule has 0 unspecified atom stereocenters. The Bertz CT molecular complexity index is 1170. The van der Waals surface area contributed by atoms with E-state index in [9.17, 15) is 4.79 Å². The van der Waals surface area contributed by atoms with E-state index in [2.05, 4.69) is 26.2 Å². The lowest BCUT2D eigenvalue weighted by Gasteiger charge is -2.23. The van der Waals surface area contributed by atoms with Gasteiger partial charge < -0.3 is 10.6 Å². The second kappa shape index (κ2) is 7.00. The Morgan fingerprint density at radius 1 is 1.25 bits per heavy atom. The Balaban J connectivity index is 1.45. The summed E-state index contributed by atoms with van der Waals surface area (Å²) in [5.74, 6) is 0.00721. The first-order valence-electron chi connectivity index (χ1n) is 9.54. The number of pyridine rings is 1. The fourth-order valence-electron chi connectivity index (χ4n) is 3.72. The summed E-state index contributed by atoms with van der Waals surface area (Å²) in [7, 11) is 0. The molecule has 3 aromatic heterocycles. The molecule has 0 spiro atoms. The molecule has 1 saturated heterocycles. The average molecular weight is 392 g/mol. The van der Waals surface area contributed by atoms with Crippen molar-refractivity contribution in [2.45, 2.75) is 25.8 Å².